The third kappa shape index (κ3) is 3.13. The van der Waals surface area contributed by atoms with Gasteiger partial charge >= 0.3 is 0 Å². The highest BCUT2D eigenvalue weighted by molar-refractivity contribution is 5.95. The minimum atomic E-state index is -0.276. The zero-order valence-electron chi connectivity index (χ0n) is 10.1. The number of benzene rings is 1. The van der Waals surface area contributed by atoms with E-state index in [1.165, 1.54) is 18.2 Å². The standard InChI is InChI=1S/C13H18N2O3/c14-9-1-3-10(4-2-9)15-13(18)8-5-11(16)7-12(17)6-8/h5-7,9-10,16-17H,1-4,14H2,(H,15,18). The molecule has 1 aliphatic rings. The van der Waals surface area contributed by atoms with Crippen molar-refractivity contribution in [2.45, 2.75) is 37.8 Å². The lowest BCUT2D eigenvalue weighted by Crippen LogP contribution is -2.40. The minimum absolute atomic E-state index is 0.120. The minimum Gasteiger partial charge on any atom is -0.508 e. The summed E-state index contributed by atoms with van der Waals surface area (Å²) >= 11 is 0. The van der Waals surface area contributed by atoms with Gasteiger partial charge in [-0.2, -0.15) is 0 Å². The molecule has 1 aromatic rings. The zero-order chi connectivity index (χ0) is 13.1. The van der Waals surface area contributed by atoms with Crippen molar-refractivity contribution in [2.24, 2.45) is 5.73 Å². The second kappa shape index (κ2) is 5.27. The molecule has 0 saturated heterocycles. The average molecular weight is 250 g/mol. The Kier molecular flexibility index (Phi) is 3.72. The molecule has 5 nitrogen and oxygen atoms in total. The van der Waals surface area contributed by atoms with Gasteiger partial charge in [-0.3, -0.25) is 4.79 Å². The van der Waals surface area contributed by atoms with Crippen molar-refractivity contribution < 1.29 is 15.0 Å². The molecule has 98 valence electrons. The van der Waals surface area contributed by atoms with Crippen molar-refractivity contribution in [3.05, 3.63) is 23.8 Å². The molecule has 1 fully saturated rings. The smallest absolute Gasteiger partial charge is 0.251 e. The lowest BCUT2D eigenvalue weighted by molar-refractivity contribution is 0.0925. The summed E-state index contributed by atoms with van der Waals surface area (Å²) in [6.45, 7) is 0. The van der Waals surface area contributed by atoms with Gasteiger partial charge in [0.25, 0.3) is 5.91 Å². The molecule has 5 N–H and O–H groups in total. The number of carbonyl (C=O) groups excluding carboxylic acids is 1. The molecule has 0 unspecified atom stereocenters. The van der Waals surface area contributed by atoms with Crippen molar-refractivity contribution in [2.75, 3.05) is 0 Å². The third-order valence-electron chi connectivity index (χ3n) is 3.27. The summed E-state index contributed by atoms with van der Waals surface area (Å²) in [5.41, 5.74) is 6.07. The lowest BCUT2D eigenvalue weighted by atomic mass is 9.91. The topological polar surface area (TPSA) is 95.6 Å². The molecule has 2 rings (SSSR count). The Morgan fingerprint density at radius 3 is 2.22 bits per heavy atom. The highest BCUT2D eigenvalue weighted by Crippen LogP contribution is 2.21. The Bertz CT molecular complexity index is 420. The van der Waals surface area contributed by atoms with Gasteiger partial charge in [-0.15, -0.1) is 0 Å². The molecule has 0 aliphatic heterocycles. The first-order chi connectivity index (χ1) is 8.54. The first kappa shape index (κ1) is 12.7. The largest absolute Gasteiger partial charge is 0.508 e. The summed E-state index contributed by atoms with van der Waals surface area (Å²) in [5.74, 6) is -0.515. The van der Waals surface area contributed by atoms with Crippen LogP contribution in [-0.4, -0.2) is 28.2 Å². The fraction of sp³-hybridized carbons (Fsp3) is 0.462. The molecule has 0 radical (unpaired) electrons. The molecule has 0 aromatic heterocycles. The Morgan fingerprint density at radius 2 is 1.67 bits per heavy atom. The van der Waals surface area contributed by atoms with Crippen molar-refractivity contribution in [1.29, 1.82) is 0 Å². The van der Waals surface area contributed by atoms with Gasteiger partial charge in [0.15, 0.2) is 0 Å². The predicted molar refractivity (Wildman–Crippen MR) is 67.5 cm³/mol. The van der Waals surface area contributed by atoms with Crippen LogP contribution in [0.15, 0.2) is 18.2 Å². The van der Waals surface area contributed by atoms with Crippen LogP contribution in [0.3, 0.4) is 0 Å². The zero-order valence-corrected chi connectivity index (χ0v) is 10.1. The SMILES string of the molecule is NC1CCC(NC(=O)c2cc(O)cc(O)c2)CC1. The van der Waals surface area contributed by atoms with E-state index in [-0.39, 0.29) is 35.1 Å². The van der Waals surface area contributed by atoms with Crippen LogP contribution in [-0.2, 0) is 0 Å². The van der Waals surface area contributed by atoms with E-state index in [0.717, 1.165) is 25.7 Å². The Morgan fingerprint density at radius 1 is 1.11 bits per heavy atom. The van der Waals surface area contributed by atoms with Crippen LogP contribution in [0.1, 0.15) is 36.0 Å². The van der Waals surface area contributed by atoms with E-state index in [1.54, 1.807) is 0 Å². The molecule has 0 heterocycles. The highest BCUT2D eigenvalue weighted by Gasteiger charge is 2.20. The number of phenolic OH excluding ortho intramolecular Hbond substituents is 2. The molecular weight excluding hydrogens is 232 g/mol. The van der Waals surface area contributed by atoms with E-state index in [0.29, 0.717) is 0 Å². The molecule has 0 spiro atoms. The number of hydrogen-bond donors (Lipinski definition) is 4. The van der Waals surface area contributed by atoms with Gasteiger partial charge in [0.1, 0.15) is 11.5 Å². The van der Waals surface area contributed by atoms with Crippen molar-refractivity contribution in [3.8, 4) is 11.5 Å². The van der Waals surface area contributed by atoms with Gasteiger partial charge in [-0.25, -0.2) is 0 Å². The van der Waals surface area contributed by atoms with Crippen LogP contribution in [0.5, 0.6) is 11.5 Å². The van der Waals surface area contributed by atoms with Crippen molar-refractivity contribution in [3.63, 3.8) is 0 Å². The van der Waals surface area contributed by atoms with Gasteiger partial charge in [0.05, 0.1) is 0 Å². The summed E-state index contributed by atoms with van der Waals surface area (Å²) in [6, 6.07) is 4.23. The monoisotopic (exact) mass is 250 g/mol. The summed E-state index contributed by atoms with van der Waals surface area (Å²) < 4.78 is 0. The van der Waals surface area contributed by atoms with Crippen LogP contribution in [0.25, 0.3) is 0 Å². The van der Waals surface area contributed by atoms with E-state index < -0.39 is 0 Å². The maximum Gasteiger partial charge on any atom is 0.251 e. The first-order valence-electron chi connectivity index (χ1n) is 6.14. The summed E-state index contributed by atoms with van der Waals surface area (Å²) in [7, 11) is 0. The van der Waals surface area contributed by atoms with Gasteiger partial charge in [-0.05, 0) is 37.8 Å². The number of aromatic hydroxyl groups is 2. The fourth-order valence-electron chi connectivity index (χ4n) is 2.26. The van der Waals surface area contributed by atoms with Crippen molar-refractivity contribution >= 4 is 5.91 Å². The van der Waals surface area contributed by atoms with E-state index in [9.17, 15) is 15.0 Å². The van der Waals surface area contributed by atoms with E-state index in [1.807, 2.05) is 0 Å². The van der Waals surface area contributed by atoms with Crippen LogP contribution in [0, 0.1) is 0 Å². The summed E-state index contributed by atoms with van der Waals surface area (Å²) in [4.78, 5) is 11.9. The molecule has 0 atom stereocenters. The molecular formula is C13H18N2O3. The van der Waals surface area contributed by atoms with E-state index in [2.05, 4.69) is 5.32 Å². The number of rotatable bonds is 2. The lowest BCUT2D eigenvalue weighted by Gasteiger charge is -2.26. The van der Waals surface area contributed by atoms with E-state index in [4.69, 9.17) is 5.73 Å². The van der Waals surface area contributed by atoms with Crippen LogP contribution < -0.4 is 11.1 Å². The van der Waals surface area contributed by atoms with Crippen molar-refractivity contribution in [1.82, 2.24) is 5.32 Å². The fourth-order valence-corrected chi connectivity index (χ4v) is 2.26. The average Bonchev–Trinajstić information content (AvgIpc) is 2.31. The van der Waals surface area contributed by atoms with Gasteiger partial charge in [0, 0.05) is 23.7 Å². The third-order valence-corrected chi connectivity index (χ3v) is 3.27. The molecule has 1 aromatic carbocycles. The summed E-state index contributed by atoms with van der Waals surface area (Å²) in [5, 5.41) is 21.5. The van der Waals surface area contributed by atoms with Crippen LogP contribution >= 0.6 is 0 Å². The molecule has 1 aliphatic carbocycles. The van der Waals surface area contributed by atoms with E-state index >= 15 is 0 Å². The van der Waals surface area contributed by atoms with Gasteiger partial charge in [-0.1, -0.05) is 0 Å². The quantitative estimate of drug-likeness (QED) is 0.632. The predicted octanol–water partition coefficient (Wildman–Crippen LogP) is 1.10. The maximum atomic E-state index is 11.9. The Hall–Kier alpha value is -1.75. The maximum absolute atomic E-state index is 11.9. The second-order valence-corrected chi connectivity index (χ2v) is 4.82. The molecule has 5 heteroatoms. The highest BCUT2D eigenvalue weighted by atomic mass is 16.3. The Labute approximate surface area is 106 Å². The normalized spacial score (nSPS) is 23.6. The van der Waals surface area contributed by atoms with Crippen LogP contribution in [0.4, 0.5) is 0 Å². The summed E-state index contributed by atoms with van der Waals surface area (Å²) in [6.07, 6.45) is 3.57. The van der Waals surface area contributed by atoms with Crippen LogP contribution in [0.2, 0.25) is 0 Å². The second-order valence-electron chi connectivity index (χ2n) is 4.82. The molecule has 1 saturated carbocycles. The number of amides is 1. The molecule has 18 heavy (non-hydrogen) atoms. The molecule has 0 bridgehead atoms. The molecule has 1 amide bonds. The first-order valence-corrected chi connectivity index (χ1v) is 6.14. The number of hydrogen-bond acceptors (Lipinski definition) is 4. The number of phenols is 2. The number of carbonyl (C=O) groups is 1. The Balaban J connectivity index is 1.99. The number of nitrogens with two attached hydrogens (primary N) is 1. The van der Waals surface area contributed by atoms with Gasteiger partial charge in [0.2, 0.25) is 0 Å². The number of nitrogens with one attached hydrogen (secondary N) is 1. The van der Waals surface area contributed by atoms with Gasteiger partial charge < -0.3 is 21.3 Å².